The van der Waals surface area contributed by atoms with Gasteiger partial charge in [0.1, 0.15) is 6.07 Å². The van der Waals surface area contributed by atoms with E-state index in [2.05, 4.69) is 10.4 Å². The number of hydrazone groups is 1. The highest BCUT2D eigenvalue weighted by Crippen LogP contribution is 2.20. The van der Waals surface area contributed by atoms with Crippen LogP contribution in [0.2, 0.25) is 5.02 Å². The van der Waals surface area contributed by atoms with Crippen molar-refractivity contribution < 1.29 is 9.59 Å². The number of benzene rings is 2. The third kappa shape index (κ3) is 4.72. The number of rotatable bonds is 5. The van der Waals surface area contributed by atoms with Gasteiger partial charge in [0, 0.05) is 24.9 Å². The minimum absolute atomic E-state index is 0.0448. The van der Waals surface area contributed by atoms with E-state index in [-0.39, 0.29) is 29.7 Å². The predicted molar refractivity (Wildman–Crippen MR) is 103 cm³/mol. The van der Waals surface area contributed by atoms with Crippen LogP contribution in [0.5, 0.6) is 0 Å². The number of hydrogen-bond acceptors (Lipinski definition) is 4. The van der Waals surface area contributed by atoms with Crippen molar-refractivity contribution in [2.75, 3.05) is 11.9 Å². The van der Waals surface area contributed by atoms with Crippen LogP contribution >= 0.6 is 11.6 Å². The number of nitrogens with one attached hydrogen (secondary N) is 1. The quantitative estimate of drug-likeness (QED) is 0.860. The molecule has 7 heteroatoms. The molecule has 1 aliphatic heterocycles. The van der Waals surface area contributed by atoms with Crippen molar-refractivity contribution in [1.82, 2.24) is 5.01 Å². The maximum atomic E-state index is 12.3. The Morgan fingerprint density at radius 2 is 1.96 bits per heavy atom. The van der Waals surface area contributed by atoms with Gasteiger partial charge in [-0.25, -0.2) is 5.01 Å². The molecule has 0 aromatic heterocycles. The summed E-state index contributed by atoms with van der Waals surface area (Å²) in [6, 6.07) is 16.3. The number of nitriles is 1. The molecule has 0 aliphatic carbocycles. The Balaban J connectivity index is 1.52. The first-order valence-corrected chi connectivity index (χ1v) is 8.87. The van der Waals surface area contributed by atoms with Crippen LogP contribution in [-0.2, 0) is 9.59 Å². The SMILES string of the molecule is N#Cc1ccc(NC(=O)CCC(=O)N2CCC(c3ccccc3)=N2)cc1Cl. The molecule has 6 nitrogen and oxygen atoms in total. The number of halogens is 1. The molecular formula is C20H17ClN4O2. The molecule has 0 saturated heterocycles. The average molecular weight is 381 g/mol. The summed E-state index contributed by atoms with van der Waals surface area (Å²) in [5.74, 6) is -0.482. The van der Waals surface area contributed by atoms with Crippen LogP contribution in [0.4, 0.5) is 5.69 Å². The highest BCUT2D eigenvalue weighted by Gasteiger charge is 2.21. The van der Waals surface area contributed by atoms with Gasteiger partial charge in [-0.3, -0.25) is 9.59 Å². The zero-order valence-electron chi connectivity index (χ0n) is 14.5. The van der Waals surface area contributed by atoms with E-state index in [0.29, 0.717) is 24.2 Å². The lowest BCUT2D eigenvalue weighted by atomic mass is 10.1. The fourth-order valence-corrected chi connectivity index (χ4v) is 2.95. The molecule has 1 N–H and O–H groups in total. The Labute approximate surface area is 162 Å². The van der Waals surface area contributed by atoms with Crippen LogP contribution in [0.15, 0.2) is 53.6 Å². The molecule has 27 heavy (non-hydrogen) atoms. The molecule has 2 aromatic carbocycles. The number of amides is 2. The number of carbonyl (C=O) groups is 2. The summed E-state index contributed by atoms with van der Waals surface area (Å²) in [6.45, 7) is 0.524. The van der Waals surface area contributed by atoms with Gasteiger partial charge in [-0.2, -0.15) is 10.4 Å². The highest BCUT2D eigenvalue weighted by molar-refractivity contribution is 6.32. The molecule has 0 fully saturated rings. The zero-order valence-corrected chi connectivity index (χ0v) is 15.2. The number of anilines is 1. The number of hydrogen-bond donors (Lipinski definition) is 1. The van der Waals surface area contributed by atoms with Crippen LogP contribution in [0.25, 0.3) is 0 Å². The van der Waals surface area contributed by atoms with E-state index >= 15 is 0 Å². The normalized spacial score (nSPS) is 13.0. The van der Waals surface area contributed by atoms with Gasteiger partial charge in [0.2, 0.25) is 11.8 Å². The molecule has 1 aliphatic rings. The van der Waals surface area contributed by atoms with Crippen molar-refractivity contribution in [1.29, 1.82) is 5.26 Å². The Hall–Kier alpha value is -3.17. The molecule has 0 radical (unpaired) electrons. The molecule has 1 heterocycles. The van der Waals surface area contributed by atoms with Crippen LogP contribution in [0, 0.1) is 11.3 Å². The fraction of sp³-hybridized carbons (Fsp3) is 0.200. The topological polar surface area (TPSA) is 85.6 Å². The lowest BCUT2D eigenvalue weighted by Gasteiger charge is -2.11. The van der Waals surface area contributed by atoms with Gasteiger partial charge < -0.3 is 5.32 Å². The van der Waals surface area contributed by atoms with Gasteiger partial charge in [-0.05, 0) is 23.8 Å². The smallest absolute Gasteiger partial charge is 0.243 e. The van der Waals surface area contributed by atoms with Gasteiger partial charge in [-0.15, -0.1) is 0 Å². The summed E-state index contributed by atoms with van der Waals surface area (Å²) in [5, 5.41) is 17.6. The Morgan fingerprint density at radius 3 is 2.67 bits per heavy atom. The van der Waals surface area contributed by atoms with Crippen LogP contribution < -0.4 is 5.32 Å². The molecule has 2 aromatic rings. The Morgan fingerprint density at radius 1 is 1.19 bits per heavy atom. The maximum absolute atomic E-state index is 12.3. The van der Waals surface area contributed by atoms with Crippen LogP contribution in [0.3, 0.4) is 0 Å². The van der Waals surface area contributed by atoms with Crippen molar-refractivity contribution in [3.63, 3.8) is 0 Å². The van der Waals surface area contributed by atoms with Crippen LogP contribution in [-0.4, -0.2) is 29.1 Å². The maximum Gasteiger partial charge on any atom is 0.243 e. The predicted octanol–water partition coefficient (Wildman–Crippen LogP) is 3.57. The first-order valence-electron chi connectivity index (χ1n) is 8.49. The molecule has 0 atom stereocenters. The Bertz CT molecular complexity index is 935. The summed E-state index contributed by atoms with van der Waals surface area (Å²) in [6.07, 6.45) is 0.816. The summed E-state index contributed by atoms with van der Waals surface area (Å²) in [5.41, 5.74) is 2.71. The van der Waals surface area contributed by atoms with Crippen molar-refractivity contribution >= 4 is 34.8 Å². The van der Waals surface area contributed by atoms with Crippen molar-refractivity contribution in [3.05, 3.63) is 64.7 Å². The van der Waals surface area contributed by atoms with Crippen molar-refractivity contribution in [2.45, 2.75) is 19.3 Å². The first kappa shape index (κ1) is 18.6. The van der Waals surface area contributed by atoms with Crippen molar-refractivity contribution in [2.24, 2.45) is 5.10 Å². The summed E-state index contributed by atoms with van der Waals surface area (Å²) in [4.78, 5) is 24.4. The van der Waals surface area contributed by atoms with E-state index in [1.807, 2.05) is 36.4 Å². The average Bonchev–Trinajstić information content (AvgIpc) is 3.17. The van der Waals surface area contributed by atoms with Gasteiger partial charge in [0.25, 0.3) is 0 Å². The minimum atomic E-state index is -0.296. The minimum Gasteiger partial charge on any atom is -0.326 e. The molecular weight excluding hydrogens is 364 g/mol. The molecule has 136 valence electrons. The van der Waals surface area contributed by atoms with Gasteiger partial charge in [0.05, 0.1) is 22.8 Å². The zero-order chi connectivity index (χ0) is 19.2. The second-order valence-corrected chi connectivity index (χ2v) is 6.44. The van der Waals surface area contributed by atoms with Gasteiger partial charge >= 0.3 is 0 Å². The second-order valence-electron chi connectivity index (χ2n) is 6.03. The van der Waals surface area contributed by atoms with E-state index in [1.54, 1.807) is 6.07 Å². The molecule has 2 amide bonds. The molecule has 0 unspecified atom stereocenters. The molecule has 0 spiro atoms. The summed E-state index contributed by atoms with van der Waals surface area (Å²) < 4.78 is 0. The van der Waals surface area contributed by atoms with Gasteiger partial charge in [0.15, 0.2) is 0 Å². The second kappa shape index (κ2) is 8.47. The van der Waals surface area contributed by atoms with E-state index < -0.39 is 0 Å². The third-order valence-corrected chi connectivity index (χ3v) is 4.45. The Kier molecular flexibility index (Phi) is 5.84. The van der Waals surface area contributed by atoms with E-state index in [4.69, 9.17) is 16.9 Å². The lowest BCUT2D eigenvalue weighted by Crippen LogP contribution is -2.25. The summed E-state index contributed by atoms with van der Waals surface area (Å²) >= 11 is 5.94. The standard InChI is InChI=1S/C20H17ClN4O2/c21-17-12-16(7-6-15(17)13-22)23-19(26)8-9-20(27)25-11-10-18(24-25)14-4-2-1-3-5-14/h1-7,12H,8-11H2,(H,23,26). The number of carbonyl (C=O) groups excluding carboxylic acids is 2. The molecule has 0 bridgehead atoms. The largest absolute Gasteiger partial charge is 0.326 e. The lowest BCUT2D eigenvalue weighted by molar-refractivity contribution is -0.132. The molecule has 3 rings (SSSR count). The fourth-order valence-electron chi connectivity index (χ4n) is 2.73. The highest BCUT2D eigenvalue weighted by atomic mass is 35.5. The summed E-state index contributed by atoms with van der Waals surface area (Å²) in [7, 11) is 0. The van der Waals surface area contributed by atoms with E-state index in [0.717, 1.165) is 11.3 Å². The number of nitrogens with zero attached hydrogens (tertiary/aromatic N) is 3. The van der Waals surface area contributed by atoms with Crippen molar-refractivity contribution in [3.8, 4) is 6.07 Å². The monoisotopic (exact) mass is 380 g/mol. The van der Waals surface area contributed by atoms with Gasteiger partial charge in [-0.1, -0.05) is 41.9 Å². The van der Waals surface area contributed by atoms with E-state index in [1.165, 1.54) is 17.1 Å². The van der Waals surface area contributed by atoms with E-state index in [9.17, 15) is 9.59 Å². The van der Waals surface area contributed by atoms with Crippen LogP contribution in [0.1, 0.15) is 30.4 Å². The first-order chi connectivity index (χ1) is 13.1. The third-order valence-electron chi connectivity index (χ3n) is 4.14. The molecule has 0 saturated carbocycles.